The number of rotatable bonds is 5. The first-order valence-electron chi connectivity index (χ1n) is 9.17. The first-order valence-corrected chi connectivity index (χ1v) is 9.54. The maximum atomic E-state index is 12.9. The Kier molecular flexibility index (Phi) is 5.48. The average Bonchev–Trinajstić information content (AvgIpc) is 3.28. The monoisotopic (exact) mass is 394 g/mol. The molecule has 0 radical (unpaired) electrons. The van der Waals surface area contributed by atoms with E-state index in [0.29, 0.717) is 11.6 Å². The average molecular weight is 395 g/mol. The van der Waals surface area contributed by atoms with Crippen molar-refractivity contribution in [2.24, 2.45) is 0 Å². The van der Waals surface area contributed by atoms with Gasteiger partial charge in [0.1, 0.15) is 0 Å². The second-order valence-corrected chi connectivity index (χ2v) is 6.92. The Morgan fingerprint density at radius 1 is 1.04 bits per heavy atom. The molecule has 4 rings (SSSR count). The molecule has 0 saturated carbocycles. The Morgan fingerprint density at radius 3 is 2.50 bits per heavy atom. The van der Waals surface area contributed by atoms with Crippen molar-refractivity contribution in [3.8, 4) is 0 Å². The molecule has 0 aliphatic carbocycles. The van der Waals surface area contributed by atoms with Crippen LogP contribution in [0.2, 0.25) is 5.02 Å². The van der Waals surface area contributed by atoms with Gasteiger partial charge in [-0.15, -0.1) is 0 Å². The molecule has 0 bridgehead atoms. The second kappa shape index (κ2) is 8.35. The zero-order valence-corrected chi connectivity index (χ0v) is 15.9. The van der Waals surface area contributed by atoms with Crippen LogP contribution < -0.4 is 4.90 Å². The fourth-order valence-electron chi connectivity index (χ4n) is 3.19. The summed E-state index contributed by atoms with van der Waals surface area (Å²) in [5.41, 5.74) is 1.52. The topological polar surface area (TPSA) is 68.2 Å². The molecule has 1 unspecified atom stereocenters. The number of hydrogen-bond acceptors (Lipinski definition) is 6. The molecule has 0 amide bonds. The van der Waals surface area contributed by atoms with Crippen molar-refractivity contribution in [2.75, 3.05) is 18.0 Å². The maximum Gasteiger partial charge on any atom is 0.359 e. The lowest BCUT2D eigenvalue weighted by atomic mass is 10.1. The van der Waals surface area contributed by atoms with Crippen molar-refractivity contribution in [1.29, 1.82) is 0 Å². The standard InChI is InChI=1S/C21H19ClN4O2/c22-16-14-24-21(26-12-6-7-13-26)25-18(16)20(27)28-19(15-8-2-1-3-9-15)17-10-4-5-11-23-17/h1-5,8-11,14,19H,6-7,12-13H2. The van der Waals surface area contributed by atoms with E-state index in [1.54, 1.807) is 6.20 Å². The van der Waals surface area contributed by atoms with E-state index in [0.717, 1.165) is 31.5 Å². The highest BCUT2D eigenvalue weighted by Crippen LogP contribution is 2.27. The molecule has 142 valence electrons. The summed E-state index contributed by atoms with van der Waals surface area (Å²) in [6.07, 6.45) is 4.64. The number of hydrogen-bond donors (Lipinski definition) is 0. The summed E-state index contributed by atoms with van der Waals surface area (Å²) in [4.78, 5) is 28.0. The number of carbonyl (C=O) groups is 1. The molecule has 28 heavy (non-hydrogen) atoms. The molecule has 1 aliphatic rings. The van der Waals surface area contributed by atoms with Crippen molar-refractivity contribution in [3.63, 3.8) is 0 Å². The van der Waals surface area contributed by atoms with E-state index >= 15 is 0 Å². The number of benzene rings is 1. The molecule has 1 saturated heterocycles. The zero-order valence-electron chi connectivity index (χ0n) is 15.2. The van der Waals surface area contributed by atoms with Gasteiger partial charge < -0.3 is 9.64 Å². The van der Waals surface area contributed by atoms with Gasteiger partial charge in [-0.25, -0.2) is 14.8 Å². The number of ether oxygens (including phenoxy) is 1. The van der Waals surface area contributed by atoms with Crippen LogP contribution in [0.15, 0.2) is 60.9 Å². The number of anilines is 1. The molecule has 0 spiro atoms. The van der Waals surface area contributed by atoms with Crippen molar-refractivity contribution in [3.05, 3.63) is 82.9 Å². The van der Waals surface area contributed by atoms with Gasteiger partial charge in [0.05, 0.1) is 16.9 Å². The minimum Gasteiger partial charge on any atom is -0.446 e. The van der Waals surface area contributed by atoms with E-state index in [-0.39, 0.29) is 10.7 Å². The van der Waals surface area contributed by atoms with Crippen molar-refractivity contribution < 1.29 is 9.53 Å². The Morgan fingerprint density at radius 2 is 1.79 bits per heavy atom. The van der Waals surface area contributed by atoms with Crippen LogP contribution in [0.4, 0.5) is 5.95 Å². The van der Waals surface area contributed by atoms with Crippen molar-refractivity contribution in [1.82, 2.24) is 15.0 Å². The molecule has 3 heterocycles. The Bertz CT molecular complexity index is 908. The van der Waals surface area contributed by atoms with Crippen LogP contribution in [0.1, 0.15) is 40.7 Å². The first kappa shape index (κ1) is 18.4. The van der Waals surface area contributed by atoms with Gasteiger partial charge in [-0.1, -0.05) is 48.0 Å². The lowest BCUT2D eigenvalue weighted by molar-refractivity contribution is 0.0363. The van der Waals surface area contributed by atoms with Crippen LogP contribution in [0, 0.1) is 0 Å². The number of pyridine rings is 1. The van der Waals surface area contributed by atoms with Gasteiger partial charge in [0.25, 0.3) is 0 Å². The minimum absolute atomic E-state index is 0.0652. The fourth-order valence-corrected chi connectivity index (χ4v) is 3.36. The van der Waals surface area contributed by atoms with Crippen LogP contribution in [0.3, 0.4) is 0 Å². The van der Waals surface area contributed by atoms with E-state index in [1.807, 2.05) is 53.4 Å². The number of halogens is 1. The van der Waals surface area contributed by atoms with E-state index < -0.39 is 12.1 Å². The SMILES string of the molecule is O=C(OC(c1ccccc1)c1ccccn1)c1nc(N2CCCC2)ncc1Cl. The molecule has 1 aromatic carbocycles. The Hall–Kier alpha value is -2.99. The van der Waals surface area contributed by atoms with E-state index in [1.165, 1.54) is 6.20 Å². The molecular weight excluding hydrogens is 376 g/mol. The molecular formula is C21H19ClN4O2. The molecule has 1 fully saturated rings. The fraction of sp³-hybridized carbons (Fsp3) is 0.238. The summed E-state index contributed by atoms with van der Waals surface area (Å²) in [6.45, 7) is 1.74. The van der Waals surface area contributed by atoms with Gasteiger partial charge in [-0.05, 0) is 30.5 Å². The molecule has 6 nitrogen and oxygen atoms in total. The quantitative estimate of drug-likeness (QED) is 0.607. The first-order chi connectivity index (χ1) is 13.7. The van der Waals surface area contributed by atoms with Crippen molar-refractivity contribution in [2.45, 2.75) is 18.9 Å². The van der Waals surface area contributed by atoms with E-state index in [9.17, 15) is 4.79 Å². The molecule has 1 aliphatic heterocycles. The van der Waals surface area contributed by atoms with Gasteiger partial charge in [0.2, 0.25) is 5.95 Å². The molecule has 3 aromatic rings. The number of nitrogens with zero attached hydrogens (tertiary/aromatic N) is 4. The number of esters is 1. The van der Waals surface area contributed by atoms with Gasteiger partial charge in [0.15, 0.2) is 11.8 Å². The van der Waals surface area contributed by atoms with Crippen LogP contribution in [0.25, 0.3) is 0 Å². The normalized spacial score (nSPS) is 14.7. The lowest BCUT2D eigenvalue weighted by Crippen LogP contribution is -2.22. The molecule has 7 heteroatoms. The second-order valence-electron chi connectivity index (χ2n) is 6.51. The predicted molar refractivity (Wildman–Crippen MR) is 106 cm³/mol. The van der Waals surface area contributed by atoms with Gasteiger partial charge in [-0.2, -0.15) is 0 Å². The minimum atomic E-state index is -0.656. The summed E-state index contributed by atoms with van der Waals surface area (Å²) in [5.74, 6) is -0.102. The third kappa shape index (κ3) is 3.97. The summed E-state index contributed by atoms with van der Waals surface area (Å²) < 4.78 is 5.81. The van der Waals surface area contributed by atoms with E-state index in [4.69, 9.17) is 16.3 Å². The number of carbonyl (C=O) groups excluding carboxylic acids is 1. The Balaban J connectivity index is 1.64. The highest BCUT2D eigenvalue weighted by Gasteiger charge is 2.25. The maximum absolute atomic E-state index is 12.9. The summed E-state index contributed by atoms with van der Waals surface area (Å²) >= 11 is 6.21. The van der Waals surface area contributed by atoms with Gasteiger partial charge >= 0.3 is 5.97 Å². The highest BCUT2D eigenvalue weighted by atomic mass is 35.5. The third-order valence-corrected chi connectivity index (χ3v) is 4.87. The van der Waals surface area contributed by atoms with Crippen LogP contribution >= 0.6 is 11.6 Å². The van der Waals surface area contributed by atoms with Crippen LogP contribution in [-0.2, 0) is 4.74 Å². The molecule has 1 atom stereocenters. The van der Waals surface area contributed by atoms with Gasteiger partial charge in [-0.3, -0.25) is 4.98 Å². The smallest absolute Gasteiger partial charge is 0.359 e. The highest BCUT2D eigenvalue weighted by molar-refractivity contribution is 6.33. The summed E-state index contributed by atoms with van der Waals surface area (Å²) in [6, 6.07) is 15.0. The largest absolute Gasteiger partial charge is 0.446 e. The predicted octanol–water partition coefficient (Wildman–Crippen LogP) is 4.07. The van der Waals surface area contributed by atoms with Crippen molar-refractivity contribution >= 4 is 23.5 Å². The molecule has 0 N–H and O–H groups in total. The summed E-state index contributed by atoms with van der Waals surface area (Å²) in [5, 5.41) is 0.167. The number of aromatic nitrogens is 3. The van der Waals surface area contributed by atoms with Gasteiger partial charge in [0, 0.05) is 19.3 Å². The molecule has 2 aromatic heterocycles. The zero-order chi connectivity index (χ0) is 19.3. The van der Waals surface area contributed by atoms with E-state index in [2.05, 4.69) is 15.0 Å². The third-order valence-electron chi connectivity index (χ3n) is 4.60. The summed E-state index contributed by atoms with van der Waals surface area (Å²) in [7, 11) is 0. The van der Waals surface area contributed by atoms with Crippen LogP contribution in [-0.4, -0.2) is 34.0 Å². The lowest BCUT2D eigenvalue weighted by Gasteiger charge is -2.19. The van der Waals surface area contributed by atoms with Crippen LogP contribution in [0.5, 0.6) is 0 Å². The Labute approximate surface area is 168 Å².